The van der Waals surface area contributed by atoms with Crippen molar-refractivity contribution < 1.29 is 0 Å². The van der Waals surface area contributed by atoms with E-state index in [0.717, 1.165) is 6.54 Å². The fraction of sp³-hybridized carbons (Fsp3) is 0.625. The van der Waals surface area contributed by atoms with Gasteiger partial charge in [-0.3, -0.25) is 0 Å². The molecule has 1 heteroatoms. The lowest BCUT2D eigenvalue weighted by atomic mass is 9.82. The van der Waals surface area contributed by atoms with Crippen LogP contribution >= 0.6 is 0 Å². The van der Waals surface area contributed by atoms with Gasteiger partial charge in [0.15, 0.2) is 0 Å². The van der Waals surface area contributed by atoms with Crippen molar-refractivity contribution in [2.24, 2.45) is 0 Å². The van der Waals surface area contributed by atoms with Gasteiger partial charge in [-0.05, 0) is 41.9 Å². The summed E-state index contributed by atoms with van der Waals surface area (Å²) in [5.74, 6) is 0.641. The first kappa shape index (κ1) is 11.3. The van der Waals surface area contributed by atoms with Crippen LogP contribution in [0.25, 0.3) is 0 Å². The Bertz CT molecular complexity index is 414. The van der Waals surface area contributed by atoms with E-state index in [9.17, 15) is 0 Å². The molecule has 1 aromatic rings. The molecule has 0 atom stereocenters. The van der Waals surface area contributed by atoms with E-state index in [1.807, 2.05) is 0 Å². The average molecular weight is 229 g/mol. The first-order valence-electron chi connectivity index (χ1n) is 7.05. The molecule has 0 radical (unpaired) electrons. The van der Waals surface area contributed by atoms with Gasteiger partial charge in [-0.25, -0.2) is 0 Å². The standard InChI is InChI=1S/C16H23N/c1-12(2)13-5-6-14-10-16(7-3-4-8-16)17-11-15(14)9-13/h5-6,9,12,17H,3-4,7-8,10-11H2,1-2H3. The number of hydrogen-bond donors (Lipinski definition) is 1. The molecule has 1 N–H and O–H groups in total. The molecule has 1 spiro atoms. The van der Waals surface area contributed by atoms with Crippen LogP contribution in [-0.4, -0.2) is 5.54 Å². The third-order valence-corrected chi connectivity index (χ3v) is 4.64. The minimum atomic E-state index is 0.451. The zero-order valence-electron chi connectivity index (χ0n) is 11.1. The summed E-state index contributed by atoms with van der Waals surface area (Å²) in [5.41, 5.74) is 5.06. The highest BCUT2D eigenvalue weighted by Crippen LogP contribution is 2.37. The molecule has 1 saturated carbocycles. The first-order chi connectivity index (χ1) is 8.19. The Morgan fingerprint density at radius 3 is 2.59 bits per heavy atom. The van der Waals surface area contributed by atoms with E-state index in [0.29, 0.717) is 11.5 Å². The Morgan fingerprint density at radius 1 is 1.12 bits per heavy atom. The predicted octanol–water partition coefficient (Wildman–Crippen LogP) is 3.77. The van der Waals surface area contributed by atoms with Crippen molar-refractivity contribution in [3.05, 3.63) is 34.9 Å². The fourth-order valence-corrected chi connectivity index (χ4v) is 3.46. The van der Waals surface area contributed by atoms with Crippen LogP contribution in [0.3, 0.4) is 0 Å². The summed E-state index contributed by atoms with van der Waals surface area (Å²) in [6, 6.07) is 7.12. The van der Waals surface area contributed by atoms with Crippen LogP contribution in [0.5, 0.6) is 0 Å². The monoisotopic (exact) mass is 229 g/mol. The lowest BCUT2D eigenvalue weighted by Crippen LogP contribution is -2.47. The number of hydrogen-bond acceptors (Lipinski definition) is 1. The van der Waals surface area contributed by atoms with Gasteiger partial charge in [0.25, 0.3) is 0 Å². The molecule has 0 amide bonds. The van der Waals surface area contributed by atoms with Crippen molar-refractivity contribution in [1.82, 2.24) is 5.32 Å². The predicted molar refractivity (Wildman–Crippen MR) is 72.3 cm³/mol. The van der Waals surface area contributed by atoms with Crippen molar-refractivity contribution in [3.63, 3.8) is 0 Å². The second kappa shape index (κ2) is 4.13. The molecule has 0 saturated heterocycles. The zero-order valence-corrected chi connectivity index (χ0v) is 11.1. The molecule has 1 nitrogen and oxygen atoms in total. The second-order valence-corrected chi connectivity index (χ2v) is 6.20. The first-order valence-corrected chi connectivity index (χ1v) is 7.05. The molecule has 0 aromatic heterocycles. The van der Waals surface area contributed by atoms with Crippen LogP contribution in [-0.2, 0) is 13.0 Å². The highest BCUT2D eigenvalue weighted by molar-refractivity contribution is 5.37. The van der Waals surface area contributed by atoms with Gasteiger partial charge in [-0.2, -0.15) is 0 Å². The molecule has 1 heterocycles. The van der Waals surface area contributed by atoms with Gasteiger partial charge in [-0.1, -0.05) is 44.9 Å². The van der Waals surface area contributed by atoms with Gasteiger partial charge in [-0.15, -0.1) is 0 Å². The maximum absolute atomic E-state index is 3.82. The van der Waals surface area contributed by atoms with E-state index in [1.165, 1.54) is 43.2 Å². The van der Waals surface area contributed by atoms with Crippen LogP contribution in [0.1, 0.15) is 62.1 Å². The maximum Gasteiger partial charge on any atom is 0.0225 e. The molecule has 1 aromatic carbocycles. The third-order valence-electron chi connectivity index (χ3n) is 4.64. The molecule has 0 bridgehead atoms. The van der Waals surface area contributed by atoms with Crippen LogP contribution < -0.4 is 5.32 Å². The van der Waals surface area contributed by atoms with Crippen molar-refractivity contribution >= 4 is 0 Å². The van der Waals surface area contributed by atoms with Gasteiger partial charge in [0.2, 0.25) is 0 Å². The molecule has 17 heavy (non-hydrogen) atoms. The average Bonchev–Trinajstić information content (AvgIpc) is 2.76. The molecule has 1 aliphatic carbocycles. The summed E-state index contributed by atoms with van der Waals surface area (Å²) >= 11 is 0. The molecule has 1 fully saturated rings. The number of nitrogens with one attached hydrogen (secondary N) is 1. The van der Waals surface area contributed by atoms with Gasteiger partial charge in [0.05, 0.1) is 0 Å². The van der Waals surface area contributed by atoms with E-state index >= 15 is 0 Å². The van der Waals surface area contributed by atoms with Crippen LogP contribution in [0.4, 0.5) is 0 Å². The Hall–Kier alpha value is -0.820. The Kier molecular flexibility index (Phi) is 2.74. The zero-order chi connectivity index (χ0) is 11.9. The SMILES string of the molecule is CC(C)c1ccc2c(c1)CNC1(CCCC1)C2. The Labute approximate surface area is 105 Å². The molecule has 92 valence electrons. The van der Waals surface area contributed by atoms with Gasteiger partial charge in [0.1, 0.15) is 0 Å². The number of benzene rings is 1. The highest BCUT2D eigenvalue weighted by Gasteiger charge is 2.36. The summed E-state index contributed by atoms with van der Waals surface area (Å²) in [5, 5.41) is 3.82. The molecule has 3 rings (SSSR count). The fourth-order valence-electron chi connectivity index (χ4n) is 3.46. The topological polar surface area (TPSA) is 12.0 Å². The van der Waals surface area contributed by atoms with Crippen LogP contribution in [0.15, 0.2) is 18.2 Å². The van der Waals surface area contributed by atoms with Gasteiger partial charge >= 0.3 is 0 Å². The van der Waals surface area contributed by atoms with E-state index in [2.05, 4.69) is 37.4 Å². The molecule has 2 aliphatic rings. The van der Waals surface area contributed by atoms with E-state index in [-0.39, 0.29) is 0 Å². The molecular weight excluding hydrogens is 206 g/mol. The summed E-state index contributed by atoms with van der Waals surface area (Å²) in [6.45, 7) is 5.63. The summed E-state index contributed by atoms with van der Waals surface area (Å²) in [6.07, 6.45) is 6.82. The summed E-state index contributed by atoms with van der Waals surface area (Å²) in [4.78, 5) is 0. The van der Waals surface area contributed by atoms with Crippen molar-refractivity contribution in [1.29, 1.82) is 0 Å². The van der Waals surface area contributed by atoms with E-state index in [4.69, 9.17) is 0 Å². The minimum Gasteiger partial charge on any atom is -0.307 e. The lowest BCUT2D eigenvalue weighted by Gasteiger charge is -2.36. The summed E-state index contributed by atoms with van der Waals surface area (Å²) in [7, 11) is 0. The normalized spacial score (nSPS) is 22.1. The maximum atomic E-state index is 3.82. The summed E-state index contributed by atoms with van der Waals surface area (Å²) < 4.78 is 0. The molecule has 0 unspecified atom stereocenters. The number of fused-ring (bicyclic) bond motifs is 1. The largest absolute Gasteiger partial charge is 0.307 e. The van der Waals surface area contributed by atoms with Crippen LogP contribution in [0.2, 0.25) is 0 Å². The minimum absolute atomic E-state index is 0.451. The van der Waals surface area contributed by atoms with Gasteiger partial charge < -0.3 is 5.32 Å². The van der Waals surface area contributed by atoms with E-state index in [1.54, 1.807) is 5.56 Å². The quantitative estimate of drug-likeness (QED) is 0.773. The second-order valence-electron chi connectivity index (χ2n) is 6.20. The lowest BCUT2D eigenvalue weighted by molar-refractivity contribution is 0.308. The number of rotatable bonds is 1. The smallest absolute Gasteiger partial charge is 0.0225 e. The van der Waals surface area contributed by atoms with E-state index < -0.39 is 0 Å². The Balaban J connectivity index is 1.88. The molecular formula is C16H23N. The highest BCUT2D eigenvalue weighted by atomic mass is 15.0. The third kappa shape index (κ3) is 2.01. The van der Waals surface area contributed by atoms with Crippen LogP contribution in [0, 0.1) is 0 Å². The van der Waals surface area contributed by atoms with Crippen molar-refractivity contribution in [2.75, 3.05) is 0 Å². The Morgan fingerprint density at radius 2 is 1.88 bits per heavy atom. The molecule has 1 aliphatic heterocycles. The van der Waals surface area contributed by atoms with Crippen molar-refractivity contribution in [3.8, 4) is 0 Å². The van der Waals surface area contributed by atoms with Crippen molar-refractivity contribution in [2.45, 2.75) is 64.0 Å². The van der Waals surface area contributed by atoms with Gasteiger partial charge in [0, 0.05) is 12.1 Å².